The van der Waals surface area contributed by atoms with Gasteiger partial charge in [-0.25, -0.2) is 13.0 Å². The van der Waals surface area contributed by atoms with Gasteiger partial charge in [-0.3, -0.25) is 0 Å². The molecule has 0 heterocycles. The van der Waals surface area contributed by atoms with Crippen LogP contribution in [-0.2, 0) is 11.0 Å². The second-order valence-corrected chi connectivity index (χ2v) is 7.21. The molecule has 0 aliphatic heterocycles. The van der Waals surface area contributed by atoms with E-state index in [1.807, 2.05) is 27.7 Å². The van der Waals surface area contributed by atoms with E-state index in [0.29, 0.717) is 17.7 Å². The number of rotatable bonds is 4. The van der Waals surface area contributed by atoms with E-state index in [1.165, 1.54) is 12.1 Å². The minimum Gasteiger partial charge on any atom is -0.234 e. The molecule has 0 bridgehead atoms. The molecule has 1 rings (SSSR count). The van der Waals surface area contributed by atoms with Crippen LogP contribution in [0, 0.1) is 11.6 Å². The molecule has 5 heteroatoms. The minimum atomic E-state index is -1.44. The van der Waals surface area contributed by atoms with Crippen molar-refractivity contribution in [3.8, 4) is 0 Å². The number of hydrogen-bond acceptors (Lipinski definition) is 1. The Kier molecular flexibility index (Phi) is 5.35. The van der Waals surface area contributed by atoms with Crippen molar-refractivity contribution in [2.24, 2.45) is 4.40 Å². The molecule has 1 aromatic rings. The minimum absolute atomic E-state index is 0.358. The fourth-order valence-electron chi connectivity index (χ4n) is 1.44. The number of nitrogens with zero attached hydrogens (tertiary/aromatic N) is 1. The predicted octanol–water partition coefficient (Wildman–Crippen LogP) is 4.02. The standard InChI is InChI=1S/C14H19F2NOS/c1-5-6-13(17-19(18)14(2,3)4)10-7-11(15)9-12(16)8-10/h7-9H,5-6H2,1-4H3. The maximum Gasteiger partial charge on any atom is 0.145 e. The molecule has 0 amide bonds. The van der Waals surface area contributed by atoms with Gasteiger partial charge in [-0.1, -0.05) is 13.3 Å². The van der Waals surface area contributed by atoms with Gasteiger partial charge < -0.3 is 0 Å². The van der Waals surface area contributed by atoms with Crippen LogP contribution in [0.3, 0.4) is 0 Å². The lowest BCUT2D eigenvalue weighted by Gasteiger charge is -2.15. The summed E-state index contributed by atoms with van der Waals surface area (Å²) in [5.41, 5.74) is 0.839. The molecule has 0 saturated carbocycles. The Labute approximate surface area is 115 Å². The summed E-state index contributed by atoms with van der Waals surface area (Å²) in [6.07, 6.45) is 1.29. The molecule has 1 unspecified atom stereocenters. The lowest BCUT2D eigenvalue weighted by atomic mass is 10.1. The Morgan fingerprint density at radius 1 is 1.21 bits per heavy atom. The van der Waals surface area contributed by atoms with E-state index in [1.54, 1.807) is 0 Å². The van der Waals surface area contributed by atoms with E-state index in [0.717, 1.165) is 12.5 Å². The normalized spacial score (nSPS) is 14.5. The lowest BCUT2D eigenvalue weighted by Crippen LogP contribution is -2.21. The van der Waals surface area contributed by atoms with Gasteiger partial charge >= 0.3 is 0 Å². The fraction of sp³-hybridized carbons (Fsp3) is 0.500. The molecule has 2 nitrogen and oxygen atoms in total. The summed E-state index contributed by atoms with van der Waals surface area (Å²) in [6, 6.07) is 3.25. The third-order valence-corrected chi connectivity index (χ3v) is 3.83. The van der Waals surface area contributed by atoms with E-state index in [2.05, 4.69) is 4.40 Å². The zero-order valence-electron chi connectivity index (χ0n) is 11.7. The molecule has 1 aromatic carbocycles. The average molecular weight is 287 g/mol. The van der Waals surface area contributed by atoms with E-state index in [4.69, 9.17) is 0 Å². The Hall–Kier alpha value is -1.10. The summed E-state index contributed by atoms with van der Waals surface area (Å²) in [5, 5.41) is 0. The van der Waals surface area contributed by atoms with Crippen LogP contribution in [0.15, 0.2) is 22.6 Å². The van der Waals surface area contributed by atoms with Crippen molar-refractivity contribution in [3.63, 3.8) is 0 Å². The van der Waals surface area contributed by atoms with Crippen molar-refractivity contribution < 1.29 is 13.0 Å². The van der Waals surface area contributed by atoms with Crippen molar-refractivity contribution in [2.75, 3.05) is 0 Å². The Morgan fingerprint density at radius 2 is 1.74 bits per heavy atom. The molecule has 0 saturated heterocycles. The van der Waals surface area contributed by atoms with Gasteiger partial charge in [-0.15, -0.1) is 0 Å². The maximum atomic E-state index is 13.2. The Balaban J connectivity index is 3.20. The highest BCUT2D eigenvalue weighted by molar-refractivity contribution is 7.85. The Morgan fingerprint density at radius 3 is 2.16 bits per heavy atom. The van der Waals surface area contributed by atoms with Crippen molar-refractivity contribution in [2.45, 2.75) is 45.3 Å². The van der Waals surface area contributed by atoms with Crippen LogP contribution >= 0.6 is 0 Å². The number of hydrogen-bond donors (Lipinski definition) is 0. The van der Waals surface area contributed by atoms with Gasteiger partial charge in [0.2, 0.25) is 0 Å². The summed E-state index contributed by atoms with van der Waals surface area (Å²) in [4.78, 5) is 0. The van der Waals surface area contributed by atoms with Crippen LogP contribution in [0.2, 0.25) is 0 Å². The molecule has 106 valence electrons. The van der Waals surface area contributed by atoms with Gasteiger partial charge in [0.1, 0.15) is 22.6 Å². The third kappa shape index (κ3) is 4.82. The van der Waals surface area contributed by atoms with Gasteiger partial charge in [0.15, 0.2) is 0 Å². The molecule has 0 aromatic heterocycles. The molecule has 0 aliphatic rings. The summed E-state index contributed by atoms with van der Waals surface area (Å²) in [7, 11) is -1.44. The quantitative estimate of drug-likeness (QED) is 0.769. The molecule has 1 atom stereocenters. The van der Waals surface area contributed by atoms with E-state index < -0.39 is 27.4 Å². The molecule has 0 N–H and O–H groups in total. The predicted molar refractivity (Wildman–Crippen MR) is 75.7 cm³/mol. The summed E-state index contributed by atoms with van der Waals surface area (Å²) in [5.74, 6) is -1.30. The molecular weight excluding hydrogens is 268 g/mol. The first-order valence-electron chi connectivity index (χ1n) is 6.20. The van der Waals surface area contributed by atoms with Crippen molar-refractivity contribution in [1.29, 1.82) is 0 Å². The van der Waals surface area contributed by atoms with Gasteiger partial charge in [-0.2, -0.15) is 4.40 Å². The fourth-order valence-corrected chi connectivity index (χ4v) is 2.11. The highest BCUT2D eigenvalue weighted by atomic mass is 32.2. The summed E-state index contributed by atoms with van der Waals surface area (Å²) < 4.78 is 42.1. The number of halogens is 2. The molecule has 0 fully saturated rings. The van der Waals surface area contributed by atoms with Gasteiger partial charge in [-0.05, 0) is 39.3 Å². The van der Waals surface area contributed by atoms with Crippen LogP contribution in [0.1, 0.15) is 46.1 Å². The van der Waals surface area contributed by atoms with Gasteiger partial charge in [0.05, 0.1) is 10.5 Å². The van der Waals surface area contributed by atoms with Crippen LogP contribution < -0.4 is 0 Å². The summed E-state index contributed by atoms with van der Waals surface area (Å²) in [6.45, 7) is 7.36. The molecule has 0 radical (unpaired) electrons. The van der Waals surface area contributed by atoms with Crippen LogP contribution in [-0.4, -0.2) is 14.7 Å². The van der Waals surface area contributed by atoms with E-state index in [-0.39, 0.29) is 0 Å². The zero-order valence-corrected chi connectivity index (χ0v) is 12.5. The van der Waals surface area contributed by atoms with Crippen LogP contribution in [0.4, 0.5) is 8.78 Å². The second kappa shape index (κ2) is 6.37. The molecular formula is C14H19F2NOS. The third-order valence-electron chi connectivity index (χ3n) is 2.40. The molecule has 0 aliphatic carbocycles. The van der Waals surface area contributed by atoms with Gasteiger partial charge in [0.25, 0.3) is 0 Å². The monoisotopic (exact) mass is 287 g/mol. The van der Waals surface area contributed by atoms with E-state index >= 15 is 0 Å². The largest absolute Gasteiger partial charge is 0.234 e. The van der Waals surface area contributed by atoms with Crippen molar-refractivity contribution in [1.82, 2.24) is 0 Å². The lowest BCUT2D eigenvalue weighted by molar-refractivity contribution is 0.582. The maximum absolute atomic E-state index is 13.2. The molecule has 0 spiro atoms. The topological polar surface area (TPSA) is 29.4 Å². The van der Waals surface area contributed by atoms with Crippen molar-refractivity contribution in [3.05, 3.63) is 35.4 Å². The first kappa shape index (κ1) is 16.0. The van der Waals surface area contributed by atoms with Crippen LogP contribution in [0.25, 0.3) is 0 Å². The highest BCUT2D eigenvalue weighted by Crippen LogP contribution is 2.17. The SMILES string of the molecule is CCCC(=NS(=O)C(C)(C)C)c1cc(F)cc(F)c1. The second-order valence-electron chi connectivity index (χ2n) is 5.31. The average Bonchev–Trinajstić information content (AvgIpc) is 2.25. The number of benzene rings is 1. The van der Waals surface area contributed by atoms with Gasteiger partial charge in [0, 0.05) is 11.6 Å². The van der Waals surface area contributed by atoms with Crippen LogP contribution in [0.5, 0.6) is 0 Å². The van der Waals surface area contributed by atoms with Crippen molar-refractivity contribution >= 4 is 16.7 Å². The first-order chi connectivity index (χ1) is 8.74. The smallest absolute Gasteiger partial charge is 0.145 e. The first-order valence-corrected chi connectivity index (χ1v) is 7.30. The zero-order chi connectivity index (χ0) is 14.6. The Bertz CT molecular complexity index is 486. The summed E-state index contributed by atoms with van der Waals surface area (Å²) >= 11 is 0. The van der Waals surface area contributed by atoms with E-state index in [9.17, 15) is 13.0 Å². The highest BCUT2D eigenvalue weighted by Gasteiger charge is 2.20. The molecule has 19 heavy (non-hydrogen) atoms.